The fourth-order valence-electron chi connectivity index (χ4n) is 4.18. The lowest BCUT2D eigenvalue weighted by atomic mass is 10.0. The molecule has 0 aliphatic heterocycles. The predicted octanol–water partition coefficient (Wildman–Crippen LogP) is 8.37. The third kappa shape index (κ3) is 11.8. The van der Waals surface area contributed by atoms with Crippen LogP contribution in [0.5, 0.6) is 11.5 Å². The van der Waals surface area contributed by atoms with Crippen molar-refractivity contribution >= 4 is 17.9 Å². The zero-order chi connectivity index (χ0) is 30.9. The summed E-state index contributed by atoms with van der Waals surface area (Å²) in [7, 11) is 0. The number of rotatable bonds is 18. The zero-order valence-corrected chi connectivity index (χ0v) is 25.3. The maximum atomic E-state index is 12.6. The van der Waals surface area contributed by atoms with E-state index in [1.807, 2.05) is 24.3 Å². The lowest BCUT2D eigenvalue weighted by molar-refractivity contribution is -0.139. The quantitative estimate of drug-likeness (QED) is 0.0640. The third-order valence-electron chi connectivity index (χ3n) is 6.73. The molecule has 43 heavy (non-hydrogen) atoms. The van der Waals surface area contributed by atoms with Gasteiger partial charge in [-0.2, -0.15) is 0 Å². The number of esters is 3. The highest BCUT2D eigenvalue weighted by Crippen LogP contribution is 2.24. The fourth-order valence-corrected chi connectivity index (χ4v) is 4.18. The monoisotopic (exact) mass is 586 g/mol. The second-order valence-electron chi connectivity index (χ2n) is 10.4. The minimum Gasteiger partial charge on any atom is -0.494 e. The molecule has 0 heterocycles. The van der Waals surface area contributed by atoms with E-state index in [0.29, 0.717) is 48.0 Å². The Morgan fingerprint density at radius 2 is 1.07 bits per heavy atom. The highest BCUT2D eigenvalue weighted by Gasteiger charge is 2.11. The molecule has 0 aliphatic carbocycles. The highest BCUT2D eigenvalue weighted by molar-refractivity contribution is 5.91. The van der Waals surface area contributed by atoms with E-state index in [9.17, 15) is 14.4 Å². The van der Waals surface area contributed by atoms with Crippen molar-refractivity contribution in [3.05, 3.63) is 96.1 Å². The van der Waals surface area contributed by atoms with Gasteiger partial charge in [-0.25, -0.2) is 14.4 Å². The van der Waals surface area contributed by atoms with Crippen LogP contribution in [0, 0.1) is 0 Å². The van der Waals surface area contributed by atoms with Gasteiger partial charge in [0.1, 0.15) is 11.5 Å². The lowest BCUT2D eigenvalue weighted by Crippen LogP contribution is -2.08. The molecule has 0 bridgehead atoms. The number of hydrogen-bond acceptors (Lipinski definition) is 7. The Balaban J connectivity index is 1.38. The van der Waals surface area contributed by atoms with Crippen LogP contribution in [0.3, 0.4) is 0 Å². The van der Waals surface area contributed by atoms with Crippen molar-refractivity contribution in [2.75, 3.05) is 19.8 Å². The Morgan fingerprint density at radius 3 is 1.67 bits per heavy atom. The molecule has 0 spiro atoms. The average molecular weight is 587 g/mol. The van der Waals surface area contributed by atoms with E-state index in [-0.39, 0.29) is 11.9 Å². The summed E-state index contributed by atoms with van der Waals surface area (Å²) < 4.78 is 21.7. The summed E-state index contributed by atoms with van der Waals surface area (Å²) in [6, 6.07) is 21.4. The van der Waals surface area contributed by atoms with Crippen LogP contribution in [-0.4, -0.2) is 37.7 Å². The number of carbonyl (C=O) groups excluding carboxylic acids is 3. The van der Waals surface area contributed by atoms with Crippen molar-refractivity contribution in [1.82, 2.24) is 0 Å². The molecule has 3 rings (SSSR count). The summed E-state index contributed by atoms with van der Waals surface area (Å²) >= 11 is 0. The topological polar surface area (TPSA) is 88.1 Å². The summed E-state index contributed by atoms with van der Waals surface area (Å²) in [6.07, 6.45) is 7.84. The molecule has 0 unspecified atom stereocenters. The van der Waals surface area contributed by atoms with Crippen LogP contribution in [0.1, 0.15) is 85.9 Å². The highest BCUT2D eigenvalue weighted by atomic mass is 16.5. The number of unbranched alkanes of at least 4 members (excludes halogenated alkanes) is 6. The number of carbonyl (C=O) groups is 3. The predicted molar refractivity (Wildman–Crippen MR) is 167 cm³/mol. The molecule has 0 N–H and O–H groups in total. The van der Waals surface area contributed by atoms with Crippen LogP contribution in [0.25, 0.3) is 11.1 Å². The van der Waals surface area contributed by atoms with Crippen LogP contribution in [-0.2, 0) is 14.3 Å². The van der Waals surface area contributed by atoms with Gasteiger partial charge in [0.2, 0.25) is 0 Å². The first-order valence-electron chi connectivity index (χ1n) is 15.0. The van der Waals surface area contributed by atoms with Crippen LogP contribution in [0.2, 0.25) is 0 Å². The Kier molecular flexibility index (Phi) is 14.0. The van der Waals surface area contributed by atoms with E-state index in [2.05, 4.69) is 13.5 Å². The molecule has 0 amide bonds. The van der Waals surface area contributed by atoms with Gasteiger partial charge in [-0.15, -0.1) is 0 Å². The molecule has 228 valence electrons. The third-order valence-corrected chi connectivity index (χ3v) is 6.73. The molecule has 0 fully saturated rings. The van der Waals surface area contributed by atoms with Crippen LogP contribution < -0.4 is 9.47 Å². The first-order valence-corrected chi connectivity index (χ1v) is 15.0. The maximum Gasteiger partial charge on any atom is 0.343 e. The summed E-state index contributed by atoms with van der Waals surface area (Å²) in [6.45, 7) is 8.75. The lowest BCUT2D eigenvalue weighted by Gasteiger charge is -2.09. The van der Waals surface area contributed by atoms with E-state index in [4.69, 9.17) is 18.9 Å². The largest absolute Gasteiger partial charge is 0.494 e. The van der Waals surface area contributed by atoms with Gasteiger partial charge in [0.15, 0.2) is 0 Å². The molecule has 7 nitrogen and oxygen atoms in total. The SMILES string of the molecule is C=C(C)C(=O)OCCCCCCOc1ccc(C(=O)Oc2ccc(-c3ccc(C(=O)OCCCCCC)cc3)cc2)cc1. The van der Waals surface area contributed by atoms with Crippen molar-refractivity contribution in [2.24, 2.45) is 0 Å². The molecule has 0 saturated carbocycles. The first kappa shape index (κ1) is 33.1. The summed E-state index contributed by atoms with van der Waals surface area (Å²) in [5, 5.41) is 0. The van der Waals surface area contributed by atoms with Crippen LogP contribution in [0.15, 0.2) is 84.9 Å². The molecular weight excluding hydrogens is 544 g/mol. The van der Waals surface area contributed by atoms with E-state index >= 15 is 0 Å². The number of benzene rings is 3. The fraction of sp³-hybridized carbons (Fsp3) is 0.361. The van der Waals surface area contributed by atoms with Crippen molar-refractivity contribution in [1.29, 1.82) is 0 Å². The molecule has 3 aromatic carbocycles. The number of ether oxygens (including phenoxy) is 4. The van der Waals surface area contributed by atoms with Crippen molar-refractivity contribution in [3.8, 4) is 22.6 Å². The van der Waals surface area contributed by atoms with Gasteiger partial charge in [-0.05, 0) is 98.7 Å². The van der Waals surface area contributed by atoms with E-state index < -0.39 is 5.97 Å². The van der Waals surface area contributed by atoms with Crippen molar-refractivity contribution < 1.29 is 33.3 Å². The smallest absolute Gasteiger partial charge is 0.343 e. The molecule has 0 atom stereocenters. The summed E-state index contributed by atoms with van der Waals surface area (Å²) in [4.78, 5) is 36.2. The molecule has 3 aromatic rings. The molecule has 0 aliphatic rings. The van der Waals surface area contributed by atoms with Gasteiger partial charge >= 0.3 is 17.9 Å². The zero-order valence-electron chi connectivity index (χ0n) is 25.3. The van der Waals surface area contributed by atoms with Gasteiger partial charge < -0.3 is 18.9 Å². The molecular formula is C36H42O7. The maximum absolute atomic E-state index is 12.6. The minimum atomic E-state index is -0.454. The van der Waals surface area contributed by atoms with E-state index in [1.165, 1.54) is 0 Å². The Labute approximate surface area is 254 Å². The van der Waals surface area contributed by atoms with Gasteiger partial charge in [0, 0.05) is 5.57 Å². The summed E-state index contributed by atoms with van der Waals surface area (Å²) in [5.41, 5.74) is 3.24. The van der Waals surface area contributed by atoms with E-state index in [1.54, 1.807) is 55.5 Å². The van der Waals surface area contributed by atoms with Gasteiger partial charge in [0.25, 0.3) is 0 Å². The van der Waals surface area contributed by atoms with Gasteiger partial charge in [-0.1, -0.05) is 57.0 Å². The minimum absolute atomic E-state index is 0.308. The number of hydrogen-bond donors (Lipinski definition) is 0. The first-order chi connectivity index (χ1) is 20.9. The molecule has 0 aromatic heterocycles. The van der Waals surface area contributed by atoms with Crippen molar-refractivity contribution in [2.45, 2.75) is 65.2 Å². The molecule has 0 saturated heterocycles. The Hall–Kier alpha value is -4.39. The van der Waals surface area contributed by atoms with Gasteiger partial charge in [0.05, 0.1) is 30.9 Å². The standard InChI is InChI=1S/C36H42O7/c1-4-5-6-9-26-42-35(38)30-14-12-28(13-15-30)29-16-22-33(23-17-29)43-36(39)31-18-20-32(21-19-31)40-24-10-7-8-11-25-41-34(37)27(2)3/h12-23H,2,4-11,24-26H2,1,3H3. The second-order valence-corrected chi connectivity index (χ2v) is 10.4. The summed E-state index contributed by atoms with van der Waals surface area (Å²) in [5.74, 6) is 0.0107. The normalized spacial score (nSPS) is 10.6. The average Bonchev–Trinajstić information content (AvgIpc) is 3.02. The molecule has 7 heteroatoms. The van der Waals surface area contributed by atoms with Gasteiger partial charge in [-0.3, -0.25) is 0 Å². The van der Waals surface area contributed by atoms with Crippen LogP contribution >= 0.6 is 0 Å². The van der Waals surface area contributed by atoms with Crippen LogP contribution in [0.4, 0.5) is 0 Å². The molecule has 0 radical (unpaired) electrons. The second kappa shape index (κ2) is 18.2. The van der Waals surface area contributed by atoms with Crippen molar-refractivity contribution in [3.63, 3.8) is 0 Å². The Bertz CT molecular complexity index is 1310. The Morgan fingerprint density at radius 1 is 0.581 bits per heavy atom. The van der Waals surface area contributed by atoms with E-state index in [0.717, 1.165) is 62.5 Å².